The van der Waals surface area contributed by atoms with Crippen molar-refractivity contribution in [3.8, 4) is 0 Å². The lowest BCUT2D eigenvalue weighted by Crippen LogP contribution is -2.36. The molecule has 0 unspecified atom stereocenters. The molecule has 1 heterocycles. The Morgan fingerprint density at radius 2 is 1.95 bits per heavy atom. The van der Waals surface area contributed by atoms with Crippen LogP contribution in [0.2, 0.25) is 0 Å². The van der Waals surface area contributed by atoms with Crippen molar-refractivity contribution in [1.82, 2.24) is 0 Å². The van der Waals surface area contributed by atoms with Crippen molar-refractivity contribution in [3.63, 3.8) is 0 Å². The molecule has 20 heavy (non-hydrogen) atoms. The number of benzene rings is 1. The topological polar surface area (TPSA) is 60.4 Å². The number of carbonyl (C=O) groups excluding carboxylic acids is 1. The number of methoxy groups -OCH3 is 1. The van der Waals surface area contributed by atoms with Gasteiger partial charge in [0, 0.05) is 0 Å². The highest BCUT2D eigenvalue weighted by atomic mass is 32.2. The largest absolute Gasteiger partial charge is 0.465 e. The van der Waals surface area contributed by atoms with Crippen LogP contribution in [0.5, 0.6) is 0 Å². The lowest BCUT2D eigenvalue weighted by molar-refractivity contribution is 0.0599. The Morgan fingerprint density at radius 1 is 1.35 bits per heavy atom. The summed E-state index contributed by atoms with van der Waals surface area (Å²) in [6.45, 7) is 9.08. The van der Waals surface area contributed by atoms with E-state index >= 15 is 0 Å². The number of ether oxygens (including phenoxy) is 1. The predicted octanol–water partition coefficient (Wildman–Crippen LogP) is 2.75. The smallest absolute Gasteiger partial charge is 0.338 e. The van der Waals surface area contributed by atoms with Gasteiger partial charge in [0.2, 0.25) is 0 Å². The Kier molecular flexibility index (Phi) is 3.29. The van der Waals surface area contributed by atoms with Crippen molar-refractivity contribution in [3.05, 3.63) is 35.4 Å². The molecule has 0 saturated carbocycles. The van der Waals surface area contributed by atoms with Crippen LogP contribution in [0.15, 0.2) is 23.6 Å². The van der Waals surface area contributed by atoms with Gasteiger partial charge in [0.05, 0.1) is 22.3 Å². The van der Waals surface area contributed by atoms with E-state index in [0.717, 1.165) is 5.57 Å². The van der Waals surface area contributed by atoms with E-state index in [1.807, 2.05) is 0 Å². The molecule has 1 aromatic carbocycles. The third-order valence-corrected chi connectivity index (χ3v) is 6.28. The molecule has 0 N–H and O–H groups in total. The maximum absolute atomic E-state index is 12.7. The molecule has 0 amide bonds. The van der Waals surface area contributed by atoms with Crippen LogP contribution >= 0.6 is 0 Å². The first-order valence-corrected chi connectivity index (χ1v) is 7.76. The minimum atomic E-state index is -3.50. The third-order valence-electron chi connectivity index (χ3n) is 3.77. The van der Waals surface area contributed by atoms with Crippen molar-refractivity contribution in [2.24, 2.45) is 0 Å². The summed E-state index contributed by atoms with van der Waals surface area (Å²) in [5.74, 6) is -0.533. The lowest BCUT2D eigenvalue weighted by Gasteiger charge is -2.33. The van der Waals surface area contributed by atoms with Gasteiger partial charge >= 0.3 is 5.97 Å². The van der Waals surface area contributed by atoms with E-state index in [1.165, 1.54) is 13.2 Å². The second kappa shape index (κ2) is 4.45. The van der Waals surface area contributed by atoms with Crippen molar-refractivity contribution < 1.29 is 17.9 Å². The summed E-state index contributed by atoms with van der Waals surface area (Å²) in [6, 6.07) is 3.12. The molecule has 5 heteroatoms. The van der Waals surface area contributed by atoms with E-state index in [-0.39, 0.29) is 10.5 Å². The first kappa shape index (κ1) is 14.8. The lowest BCUT2D eigenvalue weighted by atomic mass is 9.93. The first-order valence-electron chi connectivity index (χ1n) is 6.27. The molecule has 2 rings (SSSR count). The second-order valence-electron chi connectivity index (χ2n) is 5.70. The summed E-state index contributed by atoms with van der Waals surface area (Å²) in [5.41, 5.74) is 2.35. The van der Waals surface area contributed by atoms with Gasteiger partial charge in [-0.3, -0.25) is 0 Å². The number of hydrogen-bond donors (Lipinski definition) is 0. The Morgan fingerprint density at radius 3 is 2.50 bits per heavy atom. The highest BCUT2D eigenvalue weighted by molar-refractivity contribution is 7.93. The molecule has 0 atom stereocenters. The molecule has 1 aromatic rings. The van der Waals surface area contributed by atoms with Gasteiger partial charge in [0.25, 0.3) is 0 Å². The fraction of sp³-hybridized carbons (Fsp3) is 0.400. The van der Waals surface area contributed by atoms with Gasteiger partial charge < -0.3 is 4.74 Å². The van der Waals surface area contributed by atoms with Gasteiger partial charge in [-0.15, -0.1) is 0 Å². The number of aryl methyl sites for hydroxylation is 1. The van der Waals surface area contributed by atoms with Crippen LogP contribution in [-0.4, -0.2) is 26.2 Å². The van der Waals surface area contributed by atoms with Crippen LogP contribution in [-0.2, 0) is 14.6 Å². The zero-order chi connectivity index (χ0) is 15.3. The highest BCUT2D eigenvalue weighted by Crippen LogP contribution is 2.43. The number of sulfone groups is 1. The monoisotopic (exact) mass is 294 g/mol. The Bertz CT molecular complexity index is 712. The summed E-state index contributed by atoms with van der Waals surface area (Å²) in [7, 11) is -2.23. The summed E-state index contributed by atoms with van der Waals surface area (Å²) in [6.07, 6.45) is 0.388. The van der Waals surface area contributed by atoms with Crippen molar-refractivity contribution in [1.29, 1.82) is 0 Å². The summed E-state index contributed by atoms with van der Waals surface area (Å²) >= 11 is 0. The predicted molar refractivity (Wildman–Crippen MR) is 77.4 cm³/mol. The van der Waals surface area contributed by atoms with Gasteiger partial charge in [0.15, 0.2) is 9.84 Å². The molecule has 0 bridgehead atoms. The number of esters is 1. The first-order chi connectivity index (χ1) is 9.11. The van der Waals surface area contributed by atoms with Crippen LogP contribution in [0.4, 0.5) is 0 Å². The Hall–Kier alpha value is -1.62. The van der Waals surface area contributed by atoms with Crippen LogP contribution in [0.1, 0.15) is 41.8 Å². The van der Waals surface area contributed by atoms with E-state index in [9.17, 15) is 13.2 Å². The second-order valence-corrected chi connectivity index (χ2v) is 8.25. The van der Waals surface area contributed by atoms with Crippen molar-refractivity contribution in [2.75, 3.05) is 7.11 Å². The average molecular weight is 294 g/mol. The van der Waals surface area contributed by atoms with E-state index in [0.29, 0.717) is 17.5 Å². The van der Waals surface area contributed by atoms with Gasteiger partial charge in [-0.2, -0.15) is 0 Å². The van der Waals surface area contributed by atoms with Gasteiger partial charge in [-0.05, 0) is 56.0 Å². The number of fused-ring (bicyclic) bond motifs is 1. The fourth-order valence-corrected chi connectivity index (χ4v) is 4.24. The zero-order valence-electron chi connectivity index (χ0n) is 12.1. The minimum Gasteiger partial charge on any atom is -0.465 e. The zero-order valence-corrected chi connectivity index (χ0v) is 12.9. The molecule has 0 radical (unpaired) electrons. The number of rotatable bonds is 1. The standard InChI is InChI=1S/C15H18O4S/c1-9-6-11-10(2)8-15(3,4)20(17,18)13(11)7-12(9)14(16)19-5/h6-7H,2,8H2,1,3-5H3. The molecule has 1 aliphatic rings. The molecular formula is C15H18O4S. The molecule has 0 aliphatic carbocycles. The molecule has 4 nitrogen and oxygen atoms in total. The quantitative estimate of drug-likeness (QED) is 0.747. The molecule has 0 fully saturated rings. The van der Waals surface area contributed by atoms with Gasteiger partial charge in [0.1, 0.15) is 0 Å². The maximum atomic E-state index is 12.7. The van der Waals surface area contributed by atoms with E-state index in [2.05, 4.69) is 6.58 Å². The van der Waals surface area contributed by atoms with Crippen LogP contribution in [0, 0.1) is 6.92 Å². The van der Waals surface area contributed by atoms with Gasteiger partial charge in [-0.1, -0.05) is 6.58 Å². The number of allylic oxidation sites excluding steroid dienone is 1. The molecule has 0 spiro atoms. The third kappa shape index (κ3) is 1.97. The molecule has 108 valence electrons. The fourth-order valence-electron chi connectivity index (χ4n) is 2.52. The van der Waals surface area contributed by atoms with Crippen LogP contribution in [0.3, 0.4) is 0 Å². The minimum absolute atomic E-state index is 0.171. The van der Waals surface area contributed by atoms with Crippen LogP contribution in [0.25, 0.3) is 5.57 Å². The van der Waals surface area contributed by atoms with E-state index in [1.54, 1.807) is 26.8 Å². The Labute approximate surface area is 119 Å². The Balaban J connectivity index is 2.80. The average Bonchev–Trinajstić information content (AvgIpc) is 2.35. The van der Waals surface area contributed by atoms with E-state index in [4.69, 9.17) is 4.74 Å². The van der Waals surface area contributed by atoms with Gasteiger partial charge in [-0.25, -0.2) is 13.2 Å². The summed E-state index contributed by atoms with van der Waals surface area (Å²) < 4.78 is 29.1. The molecular weight excluding hydrogens is 276 g/mol. The summed E-state index contributed by atoms with van der Waals surface area (Å²) in [5, 5.41) is 0. The SMILES string of the molecule is C=C1CC(C)(C)S(=O)(=O)c2cc(C(=O)OC)c(C)cc21. The number of hydrogen-bond acceptors (Lipinski definition) is 4. The van der Waals surface area contributed by atoms with E-state index < -0.39 is 20.6 Å². The van der Waals surface area contributed by atoms with Crippen LogP contribution < -0.4 is 0 Å². The molecule has 1 aliphatic heterocycles. The highest BCUT2D eigenvalue weighted by Gasteiger charge is 2.42. The van der Waals surface area contributed by atoms with Crippen molar-refractivity contribution >= 4 is 21.4 Å². The molecule has 0 aromatic heterocycles. The van der Waals surface area contributed by atoms with Crippen molar-refractivity contribution in [2.45, 2.75) is 36.8 Å². The number of carbonyl (C=O) groups is 1. The normalized spacial score (nSPS) is 19.3. The maximum Gasteiger partial charge on any atom is 0.338 e. The summed E-state index contributed by atoms with van der Waals surface area (Å²) in [4.78, 5) is 11.9. The molecule has 0 saturated heterocycles.